The normalized spacial score (nSPS) is 11.0. The number of nitriles is 1. The topological polar surface area (TPSA) is 70.7 Å². The third-order valence-corrected chi connectivity index (χ3v) is 2.65. The van der Waals surface area contributed by atoms with E-state index in [-0.39, 0.29) is 11.4 Å². The lowest BCUT2D eigenvalue weighted by Gasteiger charge is -2.11. The Bertz CT molecular complexity index is 728. The Morgan fingerprint density at radius 1 is 1.38 bits per heavy atom. The minimum absolute atomic E-state index is 0.0584. The van der Waals surface area contributed by atoms with Crippen LogP contribution in [0, 0.1) is 11.3 Å². The van der Waals surface area contributed by atoms with E-state index in [1.807, 2.05) is 0 Å². The number of carbonyl (C=O) groups is 1. The molecule has 108 valence electrons. The maximum absolute atomic E-state index is 12.8. The summed E-state index contributed by atoms with van der Waals surface area (Å²) in [6.45, 7) is 0. The monoisotopic (exact) mass is 294 g/mol. The lowest BCUT2D eigenvalue weighted by atomic mass is 10.1. The second-order valence-electron chi connectivity index (χ2n) is 4.20. The van der Waals surface area contributed by atoms with E-state index in [9.17, 15) is 18.0 Å². The molecule has 0 spiro atoms. The number of nitrogens with zero attached hydrogens (tertiary/aromatic N) is 3. The van der Waals surface area contributed by atoms with E-state index in [0.717, 1.165) is 12.1 Å². The van der Waals surface area contributed by atoms with Crippen molar-refractivity contribution in [1.82, 2.24) is 9.78 Å². The Balaban J connectivity index is 2.30. The summed E-state index contributed by atoms with van der Waals surface area (Å²) in [6, 6.07) is 5.87. The summed E-state index contributed by atoms with van der Waals surface area (Å²) in [4.78, 5) is 11.8. The van der Waals surface area contributed by atoms with Gasteiger partial charge in [0.05, 0.1) is 17.2 Å². The highest BCUT2D eigenvalue weighted by molar-refractivity contribution is 6.02. The van der Waals surface area contributed by atoms with E-state index in [1.54, 1.807) is 7.05 Å². The van der Waals surface area contributed by atoms with Crippen molar-refractivity contribution in [2.75, 3.05) is 5.32 Å². The predicted octanol–water partition coefficient (Wildman–Crippen LogP) is 2.56. The van der Waals surface area contributed by atoms with Gasteiger partial charge in [0.2, 0.25) is 0 Å². The highest BCUT2D eigenvalue weighted by atomic mass is 19.4. The van der Waals surface area contributed by atoms with Gasteiger partial charge in [-0.2, -0.15) is 23.5 Å². The highest BCUT2D eigenvalue weighted by Crippen LogP contribution is 2.33. The number of amides is 1. The predicted molar refractivity (Wildman–Crippen MR) is 67.3 cm³/mol. The molecule has 5 nitrogen and oxygen atoms in total. The van der Waals surface area contributed by atoms with Crippen LogP contribution in [0.15, 0.2) is 30.5 Å². The van der Waals surface area contributed by atoms with Gasteiger partial charge in [0.15, 0.2) is 5.69 Å². The number of anilines is 1. The van der Waals surface area contributed by atoms with Gasteiger partial charge in [0, 0.05) is 18.9 Å². The first-order chi connectivity index (χ1) is 9.81. The minimum Gasteiger partial charge on any atom is -0.321 e. The Hall–Kier alpha value is -2.82. The molecule has 0 aliphatic carbocycles. The lowest BCUT2D eigenvalue weighted by molar-refractivity contribution is -0.137. The van der Waals surface area contributed by atoms with Crippen molar-refractivity contribution >= 4 is 11.6 Å². The summed E-state index contributed by atoms with van der Waals surface area (Å²) >= 11 is 0. The molecular weight excluding hydrogens is 285 g/mol. The largest absolute Gasteiger partial charge is 0.417 e. The van der Waals surface area contributed by atoms with Gasteiger partial charge in [-0.15, -0.1) is 0 Å². The quantitative estimate of drug-likeness (QED) is 0.925. The first-order valence-corrected chi connectivity index (χ1v) is 5.73. The molecule has 1 aromatic carbocycles. The summed E-state index contributed by atoms with van der Waals surface area (Å²) in [5, 5.41) is 14.8. The van der Waals surface area contributed by atoms with Crippen molar-refractivity contribution in [3.8, 4) is 6.07 Å². The van der Waals surface area contributed by atoms with Crippen molar-refractivity contribution in [2.24, 2.45) is 7.05 Å². The van der Waals surface area contributed by atoms with Gasteiger partial charge >= 0.3 is 6.18 Å². The van der Waals surface area contributed by atoms with Gasteiger partial charge in [0.25, 0.3) is 5.91 Å². The Labute approximate surface area is 117 Å². The third kappa shape index (κ3) is 3.20. The van der Waals surface area contributed by atoms with Crippen molar-refractivity contribution in [2.45, 2.75) is 6.18 Å². The molecule has 0 bridgehead atoms. The smallest absolute Gasteiger partial charge is 0.321 e. The number of nitrogens with one attached hydrogen (secondary N) is 1. The molecule has 21 heavy (non-hydrogen) atoms. The fourth-order valence-electron chi connectivity index (χ4n) is 1.69. The van der Waals surface area contributed by atoms with Crippen molar-refractivity contribution < 1.29 is 18.0 Å². The zero-order valence-electron chi connectivity index (χ0n) is 10.8. The third-order valence-electron chi connectivity index (χ3n) is 2.65. The molecule has 0 fully saturated rings. The molecule has 0 aliphatic heterocycles. The van der Waals surface area contributed by atoms with Crippen LogP contribution >= 0.6 is 0 Å². The number of carbonyl (C=O) groups excluding carboxylic acids is 1. The molecule has 1 heterocycles. The first kappa shape index (κ1) is 14.6. The SMILES string of the molecule is Cn1ccc(C(=O)Nc2ccc(C#N)c(C(F)(F)F)c2)n1. The van der Waals surface area contributed by atoms with Crippen molar-refractivity contribution in [3.05, 3.63) is 47.3 Å². The molecule has 0 saturated carbocycles. The van der Waals surface area contributed by atoms with Crippen LogP contribution in [-0.2, 0) is 13.2 Å². The van der Waals surface area contributed by atoms with E-state index in [4.69, 9.17) is 5.26 Å². The number of alkyl halides is 3. The number of aryl methyl sites for hydroxylation is 1. The minimum atomic E-state index is -4.67. The molecule has 2 rings (SSSR count). The van der Waals surface area contributed by atoms with E-state index < -0.39 is 23.2 Å². The van der Waals surface area contributed by atoms with Crippen molar-refractivity contribution in [1.29, 1.82) is 5.26 Å². The maximum atomic E-state index is 12.8. The summed E-state index contributed by atoms with van der Waals surface area (Å²) in [6.07, 6.45) is -3.13. The van der Waals surface area contributed by atoms with Crippen LogP contribution in [0.25, 0.3) is 0 Å². The lowest BCUT2D eigenvalue weighted by Crippen LogP contribution is -2.15. The van der Waals surface area contributed by atoms with Gasteiger partial charge in [-0.3, -0.25) is 9.48 Å². The van der Waals surface area contributed by atoms with E-state index in [1.165, 1.54) is 29.1 Å². The van der Waals surface area contributed by atoms with Gasteiger partial charge in [-0.25, -0.2) is 0 Å². The Kier molecular flexibility index (Phi) is 3.67. The molecule has 1 amide bonds. The van der Waals surface area contributed by atoms with Crippen molar-refractivity contribution in [3.63, 3.8) is 0 Å². The number of rotatable bonds is 2. The number of aromatic nitrogens is 2. The first-order valence-electron chi connectivity index (χ1n) is 5.73. The van der Waals surface area contributed by atoms with Crippen LogP contribution in [0.5, 0.6) is 0 Å². The average molecular weight is 294 g/mol. The van der Waals surface area contributed by atoms with Crippen LogP contribution in [0.4, 0.5) is 18.9 Å². The van der Waals surface area contributed by atoms with Crippen LogP contribution in [0.3, 0.4) is 0 Å². The van der Waals surface area contributed by atoms with Gasteiger partial charge in [-0.1, -0.05) is 0 Å². The fourth-order valence-corrected chi connectivity index (χ4v) is 1.69. The number of halogens is 3. The molecule has 1 aromatic heterocycles. The van der Waals surface area contributed by atoms with E-state index in [0.29, 0.717) is 0 Å². The molecule has 0 radical (unpaired) electrons. The summed E-state index contributed by atoms with van der Waals surface area (Å²) in [7, 11) is 1.61. The van der Waals surface area contributed by atoms with Crippen LogP contribution in [-0.4, -0.2) is 15.7 Å². The van der Waals surface area contributed by atoms with Crippen LogP contribution in [0.1, 0.15) is 21.6 Å². The second-order valence-corrected chi connectivity index (χ2v) is 4.20. The van der Waals surface area contributed by atoms with Gasteiger partial charge in [0.1, 0.15) is 0 Å². The number of benzene rings is 1. The fraction of sp³-hybridized carbons (Fsp3) is 0.154. The van der Waals surface area contributed by atoms with E-state index >= 15 is 0 Å². The molecule has 8 heteroatoms. The van der Waals surface area contributed by atoms with Crippen LogP contribution < -0.4 is 5.32 Å². The van der Waals surface area contributed by atoms with Gasteiger partial charge < -0.3 is 5.32 Å². The summed E-state index contributed by atoms with van der Waals surface area (Å²) in [5.41, 5.74) is -1.57. The summed E-state index contributed by atoms with van der Waals surface area (Å²) < 4.78 is 39.8. The second kappa shape index (κ2) is 5.28. The highest BCUT2D eigenvalue weighted by Gasteiger charge is 2.34. The van der Waals surface area contributed by atoms with Gasteiger partial charge in [-0.05, 0) is 24.3 Å². The molecule has 1 N–H and O–H groups in total. The van der Waals surface area contributed by atoms with Crippen LogP contribution in [0.2, 0.25) is 0 Å². The standard InChI is InChI=1S/C13H9F3N4O/c1-20-5-4-11(19-20)12(21)18-9-3-2-8(7-17)10(6-9)13(14,15)16/h2-6H,1H3,(H,18,21). The Morgan fingerprint density at radius 2 is 2.10 bits per heavy atom. The molecule has 0 aliphatic rings. The molecule has 0 saturated heterocycles. The molecule has 2 aromatic rings. The molecular formula is C13H9F3N4O. The maximum Gasteiger partial charge on any atom is 0.417 e. The number of hydrogen-bond donors (Lipinski definition) is 1. The zero-order chi connectivity index (χ0) is 15.6. The zero-order valence-corrected chi connectivity index (χ0v) is 10.8. The average Bonchev–Trinajstić information content (AvgIpc) is 2.84. The Morgan fingerprint density at radius 3 is 2.62 bits per heavy atom. The number of hydrogen-bond acceptors (Lipinski definition) is 3. The molecule has 0 unspecified atom stereocenters. The molecule has 0 atom stereocenters. The summed E-state index contributed by atoms with van der Waals surface area (Å²) in [5.74, 6) is -0.631. The van der Waals surface area contributed by atoms with E-state index in [2.05, 4.69) is 10.4 Å².